The minimum atomic E-state index is -5.62. The van der Waals surface area contributed by atoms with E-state index in [2.05, 4.69) is 22.0 Å². The van der Waals surface area contributed by atoms with Crippen LogP contribution in [0.3, 0.4) is 0 Å². The van der Waals surface area contributed by atoms with Gasteiger partial charge in [0.25, 0.3) is 0 Å². The summed E-state index contributed by atoms with van der Waals surface area (Å²) >= 11 is 3.48. The standard InChI is InChI=1S/C25H20BrF3N4O3S/c1-2-21-31-23(15-8-9-15)19(12-30)33(21)13-14-7-10-20-17(11-14)22(26)24(36-20)16-5-3-4-6-18(16)32-37(34,35)25(27,28)29/h3-7,10-11,15,32H,2,8-9,13H2,1H3/i12+2. The Bertz CT molecular complexity index is 1660. The highest BCUT2D eigenvalue weighted by Crippen LogP contribution is 2.43. The lowest BCUT2D eigenvalue weighted by Gasteiger charge is -2.13. The number of rotatable bonds is 7. The lowest BCUT2D eigenvalue weighted by atomic mass is 10.1. The lowest BCUT2D eigenvalue weighted by molar-refractivity contribution is -0.0429. The molecule has 192 valence electrons. The van der Waals surface area contributed by atoms with Crippen molar-refractivity contribution in [2.75, 3.05) is 4.72 Å². The van der Waals surface area contributed by atoms with E-state index >= 15 is 0 Å². The summed E-state index contributed by atoms with van der Waals surface area (Å²) in [6.45, 7) is 2.40. The van der Waals surface area contributed by atoms with Gasteiger partial charge in [-0.3, -0.25) is 4.72 Å². The van der Waals surface area contributed by atoms with Gasteiger partial charge in [0.05, 0.1) is 22.4 Å². The number of benzene rings is 2. The number of aromatic nitrogens is 2. The summed E-state index contributed by atoms with van der Waals surface area (Å²) in [5.41, 5.74) is -2.84. The molecule has 1 N–H and O–H groups in total. The molecule has 2 aromatic carbocycles. The second kappa shape index (κ2) is 9.22. The van der Waals surface area contributed by atoms with Crippen LogP contribution in [-0.4, -0.2) is 23.5 Å². The van der Waals surface area contributed by atoms with E-state index in [1.54, 1.807) is 16.9 Å². The lowest BCUT2D eigenvalue weighted by Crippen LogP contribution is -2.30. The summed E-state index contributed by atoms with van der Waals surface area (Å²) in [6, 6.07) is 13.4. The molecule has 0 atom stereocenters. The van der Waals surface area contributed by atoms with Gasteiger partial charge in [-0.2, -0.15) is 26.9 Å². The van der Waals surface area contributed by atoms with Gasteiger partial charge in [-0.05, 0) is 58.6 Å². The zero-order valence-corrected chi connectivity index (χ0v) is 21.8. The van der Waals surface area contributed by atoms with Gasteiger partial charge in [-0.1, -0.05) is 25.1 Å². The maximum Gasteiger partial charge on any atom is 0.516 e. The number of furan rings is 1. The Morgan fingerprint density at radius 2 is 1.97 bits per heavy atom. The maximum absolute atomic E-state index is 13.0. The van der Waals surface area contributed by atoms with E-state index in [-0.39, 0.29) is 17.0 Å². The van der Waals surface area contributed by atoms with Gasteiger partial charge in [-0.25, -0.2) is 4.98 Å². The highest BCUT2D eigenvalue weighted by atomic mass is 79.9. The number of aryl methyl sites for hydroxylation is 1. The molecule has 12 heteroatoms. The number of nitrogens with zero attached hydrogens (tertiary/aromatic N) is 3. The molecule has 0 saturated heterocycles. The maximum atomic E-state index is 13.0. The first-order valence-corrected chi connectivity index (χ1v) is 13.7. The summed E-state index contributed by atoms with van der Waals surface area (Å²) in [6.07, 6.45) is 2.74. The fourth-order valence-corrected chi connectivity index (χ4v) is 5.45. The van der Waals surface area contributed by atoms with Crippen molar-refractivity contribution < 1.29 is 26.0 Å². The van der Waals surface area contributed by atoms with E-state index in [1.165, 1.54) is 18.2 Å². The fourth-order valence-electron chi connectivity index (χ4n) is 4.26. The number of sulfonamides is 1. The predicted molar refractivity (Wildman–Crippen MR) is 135 cm³/mol. The van der Waals surface area contributed by atoms with Crippen LogP contribution < -0.4 is 4.72 Å². The van der Waals surface area contributed by atoms with Crippen LogP contribution in [0.5, 0.6) is 0 Å². The summed E-state index contributed by atoms with van der Waals surface area (Å²) in [5, 5.41) is 10.5. The molecule has 2 heterocycles. The minimum absolute atomic E-state index is 0.142. The molecule has 37 heavy (non-hydrogen) atoms. The largest absolute Gasteiger partial charge is 0.516 e. The SMILES string of the molecule is CCc1nc(C2CC2)c([14C]#N)n1Cc1ccc2oc(-c3ccccc3NS(=O)(=O)C(F)(F)F)c(Br)c2c1. The first-order valence-electron chi connectivity index (χ1n) is 11.4. The van der Waals surface area contributed by atoms with Gasteiger partial charge < -0.3 is 8.98 Å². The molecule has 2 aromatic heterocycles. The predicted octanol–water partition coefficient (Wildman–Crippen LogP) is 6.68. The summed E-state index contributed by atoms with van der Waals surface area (Å²) in [7, 11) is -5.62. The number of para-hydroxylation sites is 1. The van der Waals surface area contributed by atoms with Crippen molar-refractivity contribution in [3.05, 3.63) is 69.7 Å². The highest BCUT2D eigenvalue weighted by Gasteiger charge is 2.46. The Hall–Kier alpha value is -3.30. The Morgan fingerprint density at radius 1 is 1.24 bits per heavy atom. The van der Waals surface area contributed by atoms with Crippen molar-refractivity contribution >= 4 is 42.6 Å². The molecule has 7 nitrogen and oxygen atoms in total. The van der Waals surface area contributed by atoms with Gasteiger partial charge in [0.2, 0.25) is 0 Å². The van der Waals surface area contributed by atoms with Crippen molar-refractivity contribution in [3.63, 3.8) is 0 Å². The Morgan fingerprint density at radius 3 is 2.62 bits per heavy atom. The number of hydrogen-bond acceptors (Lipinski definition) is 5. The number of nitrogens with one attached hydrogen (secondary N) is 1. The second-order valence-corrected chi connectivity index (χ2v) is 11.2. The third-order valence-electron chi connectivity index (χ3n) is 6.21. The van der Waals surface area contributed by atoms with E-state index < -0.39 is 15.5 Å². The molecule has 1 aliphatic carbocycles. The van der Waals surface area contributed by atoms with E-state index in [9.17, 15) is 26.9 Å². The molecule has 1 aliphatic rings. The zero-order chi connectivity index (χ0) is 26.5. The first-order chi connectivity index (χ1) is 17.5. The summed E-state index contributed by atoms with van der Waals surface area (Å²) in [4.78, 5) is 4.71. The van der Waals surface area contributed by atoms with Crippen molar-refractivity contribution in [2.24, 2.45) is 0 Å². The van der Waals surface area contributed by atoms with E-state index in [1.807, 2.05) is 23.6 Å². The molecule has 0 aliphatic heterocycles. The molecule has 0 bridgehead atoms. The van der Waals surface area contributed by atoms with Crippen LogP contribution in [-0.2, 0) is 23.0 Å². The second-order valence-electron chi connectivity index (χ2n) is 8.76. The molecule has 0 spiro atoms. The normalized spacial score (nSPS) is 14.2. The topological polar surface area (TPSA) is 101 Å². The van der Waals surface area contributed by atoms with Crippen LogP contribution >= 0.6 is 15.9 Å². The van der Waals surface area contributed by atoms with Crippen molar-refractivity contribution in [2.45, 2.75) is 44.2 Å². The summed E-state index contributed by atoms with van der Waals surface area (Å²) in [5.74, 6) is 1.35. The van der Waals surface area contributed by atoms with Crippen LogP contribution in [0.25, 0.3) is 22.3 Å². The molecule has 1 saturated carbocycles. The number of anilines is 1. The van der Waals surface area contributed by atoms with Crippen molar-refractivity contribution in [1.82, 2.24) is 9.55 Å². The monoisotopic (exact) mass is 594 g/mol. The average molecular weight is 595 g/mol. The van der Waals surface area contributed by atoms with Crippen molar-refractivity contribution in [1.29, 1.82) is 5.26 Å². The molecule has 5 rings (SSSR count). The number of alkyl halides is 3. The molecular formula is C25H20BrF3N4O3S. The van der Waals surface area contributed by atoms with Gasteiger partial charge in [-0.15, -0.1) is 0 Å². The number of hydrogen-bond donors (Lipinski definition) is 1. The molecule has 1 fully saturated rings. The number of halogens is 4. The van der Waals surface area contributed by atoms with Gasteiger partial charge in [0, 0.05) is 23.3 Å². The van der Waals surface area contributed by atoms with Crippen molar-refractivity contribution in [3.8, 4) is 17.4 Å². The summed E-state index contributed by atoms with van der Waals surface area (Å²) < 4.78 is 72.3. The number of imidazole rings is 1. The van der Waals surface area contributed by atoms with Crippen LogP contribution in [0, 0.1) is 11.3 Å². The van der Waals surface area contributed by atoms with Crippen LogP contribution in [0.4, 0.5) is 18.9 Å². The van der Waals surface area contributed by atoms with Gasteiger partial charge in [0.15, 0.2) is 5.76 Å². The van der Waals surface area contributed by atoms with E-state index in [0.29, 0.717) is 40.0 Å². The molecule has 4 aromatic rings. The number of fused-ring (bicyclic) bond motifs is 1. The van der Waals surface area contributed by atoms with Gasteiger partial charge >= 0.3 is 15.5 Å². The van der Waals surface area contributed by atoms with E-state index in [0.717, 1.165) is 29.9 Å². The smallest absolute Gasteiger partial charge is 0.455 e. The highest BCUT2D eigenvalue weighted by molar-refractivity contribution is 9.10. The third-order valence-corrected chi connectivity index (χ3v) is 8.10. The zero-order valence-electron chi connectivity index (χ0n) is 19.4. The average Bonchev–Trinajstić information content (AvgIpc) is 3.57. The van der Waals surface area contributed by atoms with E-state index in [4.69, 9.17) is 9.40 Å². The van der Waals surface area contributed by atoms with Crippen LogP contribution in [0.1, 0.15) is 48.5 Å². The molecular weight excluding hydrogens is 575 g/mol. The third kappa shape index (κ3) is 4.62. The Labute approximate surface area is 219 Å². The molecule has 0 radical (unpaired) electrons. The number of nitriles is 1. The minimum Gasteiger partial charge on any atom is -0.455 e. The fraction of sp³-hybridized carbons (Fsp3) is 0.280. The first kappa shape index (κ1) is 25.4. The van der Waals surface area contributed by atoms with Crippen LogP contribution in [0.15, 0.2) is 51.4 Å². The van der Waals surface area contributed by atoms with Crippen LogP contribution in [0.2, 0.25) is 0 Å². The quantitative estimate of drug-likeness (QED) is 0.257. The van der Waals surface area contributed by atoms with Gasteiger partial charge in [0.1, 0.15) is 23.2 Å². The molecule has 0 unspecified atom stereocenters. The Kier molecular flexibility index (Phi) is 6.32. The molecule has 0 amide bonds. The Balaban J connectivity index is 1.54.